The van der Waals surface area contributed by atoms with Gasteiger partial charge in [-0.1, -0.05) is 13.0 Å². The number of fused-ring (bicyclic) bond motifs is 10. The summed E-state index contributed by atoms with van der Waals surface area (Å²) in [4.78, 5) is 29.5. The van der Waals surface area contributed by atoms with Gasteiger partial charge in [0.15, 0.2) is 40.0 Å². The normalized spacial score (nSPS) is 26.4. The number of phenolic OH excluding ortho intramolecular Hbond substituents is 2. The lowest BCUT2D eigenvalue weighted by atomic mass is 9.70. The average molecular weight is 748 g/mol. The summed E-state index contributed by atoms with van der Waals surface area (Å²) in [5.41, 5.74) is 4.94. The molecular formula is C39H45N3O10S. The minimum absolute atomic E-state index is 0.00634. The number of aromatic hydroxyl groups is 2. The molecule has 13 nitrogen and oxygen atoms in total. The van der Waals surface area contributed by atoms with Crippen LogP contribution >= 0.6 is 12.6 Å². The molecule has 0 amide bonds. The summed E-state index contributed by atoms with van der Waals surface area (Å²) in [5, 5.41) is 29.4. The summed E-state index contributed by atoms with van der Waals surface area (Å²) in [6, 6.07) is 4.23. The van der Waals surface area contributed by atoms with Gasteiger partial charge in [0, 0.05) is 66.0 Å². The fraction of sp³-hybridized carbons (Fsp3) is 0.487. The molecule has 1 saturated heterocycles. The highest BCUT2D eigenvalue weighted by atomic mass is 32.1. The molecule has 6 atom stereocenters. The predicted octanol–water partition coefficient (Wildman–Crippen LogP) is 4.00. The van der Waals surface area contributed by atoms with Crippen molar-refractivity contribution in [2.75, 3.05) is 46.5 Å². The quantitative estimate of drug-likeness (QED) is 0.134. The van der Waals surface area contributed by atoms with Crippen molar-refractivity contribution in [3.05, 3.63) is 62.7 Å². The Morgan fingerprint density at radius 2 is 1.81 bits per heavy atom. The third-order valence-electron chi connectivity index (χ3n) is 11.8. The van der Waals surface area contributed by atoms with Crippen LogP contribution in [0.1, 0.15) is 76.4 Å². The van der Waals surface area contributed by atoms with Crippen molar-refractivity contribution in [1.82, 2.24) is 15.5 Å². The number of piperazine rings is 1. The predicted molar refractivity (Wildman–Crippen MR) is 196 cm³/mol. The molecule has 5 aliphatic rings. The molecule has 5 aliphatic heterocycles. The smallest absolute Gasteiger partial charge is 0.331 e. The van der Waals surface area contributed by atoms with Crippen molar-refractivity contribution in [1.29, 1.82) is 0 Å². The Balaban J connectivity index is 1.27. The highest BCUT2D eigenvalue weighted by Crippen LogP contribution is 2.59. The van der Waals surface area contributed by atoms with Gasteiger partial charge in [-0.3, -0.25) is 15.0 Å². The number of thiol groups is 1. The molecule has 3 aromatic rings. The standard InChI is InChI=1S/C39H45N3O10S/c1-17-9-22-10-23-13-42-25(14-49-38(46)39(15-53)24-12-27(47-5)26(44)11-21(24)7-8-40-39)30-28(35(52-20(4)43)19(3)36-37(30)51-16-50-36)18(2)32(42)31(41-23)29(22)33(45)34(17)48-6/h9,11-12,18,23,25,31-32,40-41,44-45,53H,7-8,10,13-16H2,1-6H3/t18-,23+,25+,31-,32?,39-/m1/s1. The van der Waals surface area contributed by atoms with E-state index in [2.05, 4.69) is 41.2 Å². The summed E-state index contributed by atoms with van der Waals surface area (Å²) >= 11 is 4.66. The third kappa shape index (κ3) is 5.31. The Morgan fingerprint density at radius 1 is 1.04 bits per heavy atom. The van der Waals surface area contributed by atoms with Crippen molar-refractivity contribution in [3.8, 4) is 40.2 Å². The lowest BCUT2D eigenvalue weighted by Gasteiger charge is -2.56. The van der Waals surface area contributed by atoms with E-state index >= 15 is 0 Å². The Kier molecular flexibility index (Phi) is 8.87. The maximum Gasteiger partial charge on any atom is 0.331 e. The topological polar surface area (TPSA) is 157 Å². The van der Waals surface area contributed by atoms with Crippen LogP contribution in [-0.2, 0) is 32.7 Å². The second-order valence-electron chi connectivity index (χ2n) is 14.6. The number of carbonyl (C=O) groups excluding carboxylic acids is 2. The van der Waals surface area contributed by atoms with Crippen LogP contribution in [0, 0.1) is 13.8 Å². The van der Waals surface area contributed by atoms with Gasteiger partial charge in [0.1, 0.15) is 12.4 Å². The lowest BCUT2D eigenvalue weighted by molar-refractivity contribution is -0.154. The van der Waals surface area contributed by atoms with Crippen LogP contribution in [0.3, 0.4) is 0 Å². The molecule has 2 bridgehead atoms. The summed E-state index contributed by atoms with van der Waals surface area (Å²) < 4.78 is 35.7. The SMILES string of the molecule is COc1cc2c(cc1O)CCN[C@@]2(CS)C(=O)OC[C@H]1c2c3c(c(C)c(OC(C)=O)c2[C@@H](C)C2[C@@H]4N[C@@H](Cc5cc(C)c(OC)c(O)c54)CN21)OCO3. The first-order valence-electron chi connectivity index (χ1n) is 17.9. The number of nitrogens with zero attached hydrogens (tertiary/aromatic N) is 1. The van der Waals surface area contributed by atoms with Gasteiger partial charge >= 0.3 is 11.9 Å². The van der Waals surface area contributed by atoms with E-state index in [-0.39, 0.29) is 60.4 Å². The van der Waals surface area contributed by atoms with Gasteiger partial charge in [0.25, 0.3) is 0 Å². The van der Waals surface area contributed by atoms with Gasteiger partial charge < -0.3 is 44.0 Å². The van der Waals surface area contributed by atoms with Crippen molar-refractivity contribution in [2.24, 2.45) is 0 Å². The number of esters is 2. The number of aryl methyl sites for hydroxylation is 1. The molecule has 4 N–H and O–H groups in total. The monoisotopic (exact) mass is 747 g/mol. The Labute approximate surface area is 313 Å². The number of ether oxygens (including phenoxy) is 6. The van der Waals surface area contributed by atoms with E-state index in [0.717, 1.165) is 33.4 Å². The van der Waals surface area contributed by atoms with Gasteiger partial charge in [-0.2, -0.15) is 12.6 Å². The minimum atomic E-state index is -1.32. The second-order valence-corrected chi connectivity index (χ2v) is 15.0. The molecule has 14 heteroatoms. The van der Waals surface area contributed by atoms with E-state index in [1.54, 1.807) is 19.2 Å². The molecule has 1 unspecified atom stereocenters. The van der Waals surface area contributed by atoms with E-state index in [0.29, 0.717) is 60.1 Å². The molecular weight excluding hydrogens is 703 g/mol. The zero-order chi connectivity index (χ0) is 37.5. The molecule has 0 aromatic heterocycles. The highest BCUT2D eigenvalue weighted by Gasteiger charge is 2.54. The average Bonchev–Trinajstić information content (AvgIpc) is 3.62. The van der Waals surface area contributed by atoms with Crippen molar-refractivity contribution in [2.45, 2.75) is 76.2 Å². The van der Waals surface area contributed by atoms with Crippen molar-refractivity contribution >= 4 is 24.6 Å². The number of nitrogens with one attached hydrogen (secondary N) is 2. The minimum Gasteiger partial charge on any atom is -0.504 e. The van der Waals surface area contributed by atoms with Gasteiger partial charge in [0.05, 0.1) is 26.3 Å². The van der Waals surface area contributed by atoms with E-state index in [4.69, 9.17) is 28.4 Å². The van der Waals surface area contributed by atoms with Crippen molar-refractivity contribution in [3.63, 3.8) is 0 Å². The number of rotatable bonds is 7. The summed E-state index contributed by atoms with van der Waals surface area (Å²) in [6.07, 6.45) is 1.26. The Morgan fingerprint density at radius 3 is 2.53 bits per heavy atom. The first kappa shape index (κ1) is 35.6. The van der Waals surface area contributed by atoms with Crippen LogP contribution in [0.4, 0.5) is 0 Å². The van der Waals surface area contributed by atoms with Crippen LogP contribution in [0.5, 0.6) is 40.2 Å². The van der Waals surface area contributed by atoms with E-state index in [9.17, 15) is 19.8 Å². The fourth-order valence-electron chi connectivity index (χ4n) is 9.60. The molecule has 0 aliphatic carbocycles. The fourth-order valence-corrected chi connectivity index (χ4v) is 10.0. The molecule has 5 heterocycles. The number of benzene rings is 3. The van der Waals surface area contributed by atoms with Crippen molar-refractivity contribution < 1.29 is 48.2 Å². The van der Waals surface area contributed by atoms with E-state index in [1.165, 1.54) is 14.0 Å². The molecule has 3 aromatic carbocycles. The van der Waals surface area contributed by atoms with Gasteiger partial charge in [-0.15, -0.1) is 0 Å². The number of hydrogen-bond acceptors (Lipinski definition) is 14. The molecule has 53 heavy (non-hydrogen) atoms. The number of carbonyl (C=O) groups is 2. The zero-order valence-electron chi connectivity index (χ0n) is 30.6. The zero-order valence-corrected chi connectivity index (χ0v) is 31.5. The highest BCUT2D eigenvalue weighted by molar-refractivity contribution is 7.80. The Bertz CT molecular complexity index is 2040. The van der Waals surface area contributed by atoms with E-state index < -0.39 is 23.5 Å². The first-order chi connectivity index (χ1) is 25.4. The summed E-state index contributed by atoms with van der Waals surface area (Å²) in [6.45, 7) is 8.21. The van der Waals surface area contributed by atoms with Crippen LogP contribution in [0.25, 0.3) is 0 Å². The second kappa shape index (κ2) is 13.2. The maximum absolute atomic E-state index is 14.5. The number of phenols is 2. The maximum atomic E-state index is 14.5. The number of methoxy groups -OCH3 is 2. The first-order valence-corrected chi connectivity index (χ1v) is 18.6. The largest absolute Gasteiger partial charge is 0.504 e. The molecule has 282 valence electrons. The molecule has 1 fully saturated rings. The van der Waals surface area contributed by atoms with Crippen LogP contribution < -0.4 is 34.3 Å². The molecule has 0 saturated carbocycles. The Hall–Kier alpha value is -4.37. The third-order valence-corrected chi connectivity index (χ3v) is 12.3. The van der Waals surface area contributed by atoms with E-state index in [1.807, 2.05) is 13.8 Å². The van der Waals surface area contributed by atoms with Crippen LogP contribution in [0.15, 0.2) is 18.2 Å². The lowest BCUT2D eigenvalue weighted by Crippen LogP contribution is -2.64. The summed E-state index contributed by atoms with van der Waals surface area (Å²) in [7, 11) is 3.02. The molecule has 0 radical (unpaired) electrons. The van der Waals surface area contributed by atoms with Gasteiger partial charge in [-0.05, 0) is 61.1 Å². The molecule has 0 spiro atoms. The van der Waals surface area contributed by atoms with Crippen LogP contribution in [-0.4, -0.2) is 85.6 Å². The van der Waals surface area contributed by atoms with Crippen LogP contribution in [0.2, 0.25) is 0 Å². The summed E-state index contributed by atoms with van der Waals surface area (Å²) in [5.74, 6) is 1.01. The van der Waals surface area contributed by atoms with Gasteiger partial charge in [0.2, 0.25) is 6.79 Å². The molecule has 8 rings (SSSR count). The number of hydrogen-bond donors (Lipinski definition) is 5. The van der Waals surface area contributed by atoms with Gasteiger partial charge in [-0.25, -0.2) is 4.79 Å².